The van der Waals surface area contributed by atoms with Gasteiger partial charge in [-0.05, 0) is 18.2 Å². The van der Waals surface area contributed by atoms with E-state index in [1.807, 2.05) is 0 Å². The SMILES string of the molecule is COC(=O)C(C(=O)OC)C1c2cc(Br)ccc2OCC1[N+](=O)[O-]. The van der Waals surface area contributed by atoms with Gasteiger partial charge in [-0.3, -0.25) is 19.7 Å². The van der Waals surface area contributed by atoms with E-state index in [2.05, 4.69) is 25.4 Å². The summed E-state index contributed by atoms with van der Waals surface area (Å²) in [6, 6.07) is 3.64. The molecule has 9 heteroatoms. The van der Waals surface area contributed by atoms with Crippen LogP contribution in [0.1, 0.15) is 11.5 Å². The molecule has 0 amide bonds. The normalized spacial score (nSPS) is 19.5. The summed E-state index contributed by atoms with van der Waals surface area (Å²) in [6.07, 6.45) is 0. The molecule has 1 aliphatic heterocycles. The van der Waals surface area contributed by atoms with Crippen molar-refractivity contribution in [2.75, 3.05) is 20.8 Å². The number of esters is 2. The average Bonchev–Trinajstić information content (AvgIpc) is 2.54. The molecule has 0 aliphatic carbocycles. The highest BCUT2D eigenvalue weighted by molar-refractivity contribution is 9.10. The van der Waals surface area contributed by atoms with Gasteiger partial charge in [-0.1, -0.05) is 15.9 Å². The molecule has 0 bridgehead atoms. The Balaban J connectivity index is 2.61. The Morgan fingerprint density at radius 2 is 1.96 bits per heavy atom. The van der Waals surface area contributed by atoms with E-state index in [0.29, 0.717) is 15.8 Å². The summed E-state index contributed by atoms with van der Waals surface area (Å²) in [6.45, 7) is -0.253. The second kappa shape index (κ2) is 6.95. The molecule has 1 aliphatic rings. The van der Waals surface area contributed by atoms with Gasteiger partial charge in [0.05, 0.1) is 20.1 Å². The maximum Gasteiger partial charge on any atom is 0.320 e. The molecule has 2 rings (SSSR count). The van der Waals surface area contributed by atoms with Crippen molar-refractivity contribution in [2.24, 2.45) is 5.92 Å². The topological polar surface area (TPSA) is 105 Å². The molecule has 2 atom stereocenters. The lowest BCUT2D eigenvalue weighted by molar-refractivity contribution is -0.531. The summed E-state index contributed by atoms with van der Waals surface area (Å²) >= 11 is 3.27. The summed E-state index contributed by atoms with van der Waals surface area (Å²) in [4.78, 5) is 35.0. The zero-order valence-electron chi connectivity index (χ0n) is 12.4. The number of hydrogen-bond donors (Lipinski definition) is 0. The smallest absolute Gasteiger partial charge is 0.320 e. The van der Waals surface area contributed by atoms with E-state index in [1.54, 1.807) is 18.2 Å². The molecule has 23 heavy (non-hydrogen) atoms. The van der Waals surface area contributed by atoms with E-state index in [9.17, 15) is 19.7 Å². The monoisotopic (exact) mass is 387 g/mol. The number of nitrogens with zero attached hydrogens (tertiary/aromatic N) is 1. The molecule has 0 saturated heterocycles. The highest BCUT2D eigenvalue weighted by atomic mass is 79.9. The fraction of sp³-hybridized carbons (Fsp3) is 0.429. The molecule has 1 aromatic carbocycles. The first-order valence-electron chi connectivity index (χ1n) is 6.62. The minimum absolute atomic E-state index is 0.253. The minimum atomic E-state index is -1.45. The number of hydrogen-bond acceptors (Lipinski definition) is 7. The van der Waals surface area contributed by atoms with Crippen molar-refractivity contribution >= 4 is 27.9 Å². The third kappa shape index (κ3) is 3.29. The van der Waals surface area contributed by atoms with Gasteiger partial charge < -0.3 is 14.2 Å². The largest absolute Gasteiger partial charge is 0.486 e. The molecular formula is C14H14BrNO7. The van der Waals surface area contributed by atoms with Crippen LogP contribution in [-0.2, 0) is 19.1 Å². The number of methoxy groups -OCH3 is 2. The average molecular weight is 388 g/mol. The van der Waals surface area contributed by atoms with Gasteiger partial charge in [0.15, 0.2) is 12.5 Å². The van der Waals surface area contributed by atoms with Gasteiger partial charge in [0.2, 0.25) is 0 Å². The van der Waals surface area contributed by atoms with Gasteiger partial charge in [0.1, 0.15) is 5.75 Å². The maximum atomic E-state index is 12.1. The third-order valence-corrected chi connectivity index (χ3v) is 4.19. The van der Waals surface area contributed by atoms with Crippen LogP contribution in [0.5, 0.6) is 5.75 Å². The van der Waals surface area contributed by atoms with Gasteiger partial charge in [-0.2, -0.15) is 0 Å². The highest BCUT2D eigenvalue weighted by Crippen LogP contribution is 2.41. The van der Waals surface area contributed by atoms with Crippen molar-refractivity contribution in [1.82, 2.24) is 0 Å². The van der Waals surface area contributed by atoms with Crippen molar-refractivity contribution in [3.05, 3.63) is 38.3 Å². The number of rotatable bonds is 4. The van der Waals surface area contributed by atoms with Gasteiger partial charge in [0, 0.05) is 15.0 Å². The Bertz CT molecular complexity index is 632. The van der Waals surface area contributed by atoms with E-state index in [4.69, 9.17) is 4.74 Å². The van der Waals surface area contributed by atoms with Crippen LogP contribution in [0.25, 0.3) is 0 Å². The van der Waals surface area contributed by atoms with Crippen LogP contribution in [0.4, 0.5) is 0 Å². The minimum Gasteiger partial charge on any atom is -0.486 e. The van der Waals surface area contributed by atoms with E-state index in [-0.39, 0.29) is 6.61 Å². The Kier molecular flexibility index (Phi) is 5.19. The molecule has 0 N–H and O–H groups in total. The Hall–Kier alpha value is -2.16. The zero-order valence-corrected chi connectivity index (χ0v) is 13.9. The van der Waals surface area contributed by atoms with Gasteiger partial charge in [-0.15, -0.1) is 0 Å². The lowest BCUT2D eigenvalue weighted by atomic mass is 9.79. The van der Waals surface area contributed by atoms with E-state index < -0.39 is 34.7 Å². The number of fused-ring (bicyclic) bond motifs is 1. The van der Waals surface area contributed by atoms with Crippen LogP contribution in [-0.4, -0.2) is 43.7 Å². The van der Waals surface area contributed by atoms with E-state index in [0.717, 1.165) is 14.2 Å². The molecule has 0 radical (unpaired) electrons. The van der Waals surface area contributed by atoms with Crippen molar-refractivity contribution in [3.63, 3.8) is 0 Å². The lowest BCUT2D eigenvalue weighted by Gasteiger charge is -2.31. The first-order chi connectivity index (χ1) is 10.9. The van der Waals surface area contributed by atoms with Crippen LogP contribution in [0.3, 0.4) is 0 Å². The number of carbonyl (C=O) groups is 2. The second-order valence-corrected chi connectivity index (χ2v) is 5.81. The summed E-state index contributed by atoms with van der Waals surface area (Å²) in [5.74, 6) is -3.89. The number of nitro groups is 1. The first-order valence-corrected chi connectivity index (χ1v) is 7.41. The van der Waals surface area contributed by atoms with Crippen LogP contribution in [0.15, 0.2) is 22.7 Å². The lowest BCUT2D eigenvalue weighted by Crippen LogP contribution is -2.46. The van der Waals surface area contributed by atoms with Crippen LogP contribution in [0, 0.1) is 16.0 Å². The Morgan fingerprint density at radius 1 is 1.35 bits per heavy atom. The Labute approximate surface area is 140 Å². The molecule has 1 aromatic rings. The number of halogens is 1. The van der Waals surface area contributed by atoms with Gasteiger partial charge in [0.25, 0.3) is 6.04 Å². The fourth-order valence-corrected chi connectivity index (χ4v) is 3.01. The number of carbonyl (C=O) groups excluding carboxylic acids is 2. The predicted octanol–water partition coefficient (Wildman–Crippen LogP) is 1.53. The molecule has 1 heterocycles. The number of benzene rings is 1. The molecule has 0 aromatic heterocycles. The van der Waals surface area contributed by atoms with E-state index in [1.165, 1.54) is 0 Å². The third-order valence-electron chi connectivity index (χ3n) is 3.70. The van der Waals surface area contributed by atoms with Crippen molar-refractivity contribution in [3.8, 4) is 5.75 Å². The Morgan fingerprint density at radius 3 is 2.48 bits per heavy atom. The van der Waals surface area contributed by atoms with Gasteiger partial charge >= 0.3 is 11.9 Å². The summed E-state index contributed by atoms with van der Waals surface area (Å²) in [5, 5.41) is 11.4. The quantitative estimate of drug-likeness (QED) is 0.333. The summed E-state index contributed by atoms with van der Waals surface area (Å²) in [5.41, 5.74) is 0.383. The molecule has 0 saturated carbocycles. The maximum absolute atomic E-state index is 12.1. The number of ether oxygens (including phenoxy) is 3. The standard InChI is InChI=1S/C14H14BrNO7/c1-21-13(17)12(14(18)22-2)11-8-5-7(15)3-4-10(8)23-6-9(11)16(19)20/h3-5,9,11-12H,6H2,1-2H3. The predicted molar refractivity (Wildman–Crippen MR) is 80.7 cm³/mol. The highest BCUT2D eigenvalue weighted by Gasteiger charge is 2.50. The molecular weight excluding hydrogens is 374 g/mol. The van der Waals surface area contributed by atoms with E-state index >= 15 is 0 Å². The van der Waals surface area contributed by atoms with Crippen molar-refractivity contribution in [1.29, 1.82) is 0 Å². The summed E-state index contributed by atoms with van der Waals surface area (Å²) in [7, 11) is 2.22. The van der Waals surface area contributed by atoms with Crippen LogP contribution >= 0.6 is 15.9 Å². The fourth-order valence-electron chi connectivity index (χ4n) is 2.63. The molecule has 0 fully saturated rings. The molecule has 2 unspecified atom stereocenters. The zero-order chi connectivity index (χ0) is 17.1. The van der Waals surface area contributed by atoms with Crippen molar-refractivity contribution in [2.45, 2.75) is 12.0 Å². The summed E-state index contributed by atoms with van der Waals surface area (Å²) < 4.78 is 15.3. The first kappa shape index (κ1) is 17.2. The molecule has 8 nitrogen and oxygen atoms in total. The molecule has 0 spiro atoms. The molecule has 124 valence electrons. The second-order valence-electron chi connectivity index (χ2n) is 4.90. The van der Waals surface area contributed by atoms with Crippen LogP contribution in [0.2, 0.25) is 0 Å². The van der Waals surface area contributed by atoms with Crippen LogP contribution < -0.4 is 4.74 Å². The van der Waals surface area contributed by atoms with Gasteiger partial charge in [-0.25, -0.2) is 0 Å². The van der Waals surface area contributed by atoms with Crippen molar-refractivity contribution < 1.29 is 28.7 Å².